The van der Waals surface area contributed by atoms with E-state index in [0.717, 1.165) is 11.5 Å². The number of guanidine groups is 1. The Kier molecular flexibility index (Phi) is 6.69. The molecule has 0 aliphatic carbocycles. The maximum absolute atomic E-state index is 11.7. The Morgan fingerprint density at radius 3 is 2.71 bits per heavy atom. The van der Waals surface area contributed by atoms with Crippen molar-refractivity contribution in [1.29, 1.82) is 0 Å². The van der Waals surface area contributed by atoms with Gasteiger partial charge in [-0.25, -0.2) is 0 Å². The molecule has 0 saturated heterocycles. The number of hydrogen-bond acceptors (Lipinski definition) is 3. The lowest BCUT2D eigenvalue weighted by atomic mass is 10.2. The molecular weight excluding hydrogens is 328 g/mol. The largest absolute Gasteiger partial charge is 0.459 e. The zero-order valence-electron chi connectivity index (χ0n) is 13.8. The molecule has 1 heterocycles. The maximum Gasteiger partial charge on any atom is 0.287 e. The minimum Gasteiger partial charge on any atom is -0.459 e. The zero-order chi connectivity index (χ0) is 17.4. The van der Waals surface area contributed by atoms with Crippen molar-refractivity contribution >= 4 is 23.5 Å². The molecule has 128 valence electrons. The first kappa shape index (κ1) is 17.9. The highest BCUT2D eigenvalue weighted by atomic mass is 35.5. The molecule has 0 bridgehead atoms. The Morgan fingerprint density at radius 1 is 1.25 bits per heavy atom. The van der Waals surface area contributed by atoms with E-state index in [1.165, 1.54) is 6.26 Å². The Balaban J connectivity index is 1.76. The summed E-state index contributed by atoms with van der Waals surface area (Å²) in [5.74, 6) is 0.809. The number of hydrogen-bond donors (Lipinski definition) is 2. The Morgan fingerprint density at radius 2 is 2.04 bits per heavy atom. The van der Waals surface area contributed by atoms with Crippen LogP contribution >= 0.6 is 11.6 Å². The molecule has 1 amide bonds. The van der Waals surface area contributed by atoms with Crippen molar-refractivity contribution in [3.8, 4) is 0 Å². The number of halogens is 1. The molecule has 7 heteroatoms. The molecule has 0 unspecified atom stereocenters. The first-order chi connectivity index (χ1) is 11.6. The van der Waals surface area contributed by atoms with Gasteiger partial charge in [0.1, 0.15) is 0 Å². The number of rotatable bonds is 6. The minimum atomic E-state index is -0.232. The Hall–Kier alpha value is -2.47. The second-order valence-electron chi connectivity index (χ2n) is 5.19. The van der Waals surface area contributed by atoms with Crippen LogP contribution in [0.1, 0.15) is 16.1 Å². The molecular formula is C17H21ClN4O2. The van der Waals surface area contributed by atoms with Crippen molar-refractivity contribution in [2.75, 3.05) is 27.2 Å². The smallest absolute Gasteiger partial charge is 0.287 e. The number of amides is 1. The van der Waals surface area contributed by atoms with Crippen molar-refractivity contribution in [3.05, 3.63) is 59.0 Å². The number of nitrogens with one attached hydrogen (secondary N) is 2. The van der Waals surface area contributed by atoms with Crippen LogP contribution in [0, 0.1) is 0 Å². The molecule has 0 aliphatic rings. The third-order valence-electron chi connectivity index (χ3n) is 3.32. The molecule has 1 aromatic heterocycles. The predicted octanol–water partition coefficient (Wildman–Crippen LogP) is 2.37. The van der Waals surface area contributed by atoms with Gasteiger partial charge in [0.25, 0.3) is 5.91 Å². The summed E-state index contributed by atoms with van der Waals surface area (Å²) < 4.78 is 5.03. The molecule has 24 heavy (non-hydrogen) atoms. The summed E-state index contributed by atoms with van der Waals surface area (Å²) >= 11 is 6.00. The van der Waals surface area contributed by atoms with E-state index in [1.54, 1.807) is 19.2 Å². The lowest BCUT2D eigenvalue weighted by Crippen LogP contribution is -2.42. The fourth-order valence-corrected chi connectivity index (χ4v) is 2.43. The number of benzene rings is 1. The monoisotopic (exact) mass is 348 g/mol. The lowest BCUT2D eigenvalue weighted by Gasteiger charge is -2.22. The molecule has 0 radical (unpaired) electrons. The van der Waals surface area contributed by atoms with E-state index >= 15 is 0 Å². The first-order valence-corrected chi connectivity index (χ1v) is 7.96. The molecule has 1 aromatic carbocycles. The number of carbonyl (C=O) groups excluding carboxylic acids is 1. The maximum atomic E-state index is 11.7. The molecule has 0 fully saturated rings. The van der Waals surface area contributed by atoms with Crippen LogP contribution < -0.4 is 10.6 Å². The number of aliphatic imine (C=N–C) groups is 1. The van der Waals surface area contributed by atoms with E-state index in [9.17, 15) is 4.79 Å². The summed E-state index contributed by atoms with van der Waals surface area (Å²) in [5.41, 5.74) is 1.10. The van der Waals surface area contributed by atoms with Gasteiger partial charge < -0.3 is 20.0 Å². The second kappa shape index (κ2) is 8.98. The van der Waals surface area contributed by atoms with Gasteiger partial charge in [-0.15, -0.1) is 0 Å². The van der Waals surface area contributed by atoms with E-state index < -0.39 is 0 Å². The normalized spacial score (nSPS) is 11.2. The fourth-order valence-electron chi connectivity index (χ4n) is 2.21. The summed E-state index contributed by atoms with van der Waals surface area (Å²) in [5, 5.41) is 6.69. The summed E-state index contributed by atoms with van der Waals surface area (Å²) in [6.45, 7) is 1.70. The summed E-state index contributed by atoms with van der Waals surface area (Å²) in [6.07, 6.45) is 1.47. The molecule has 0 aliphatic heterocycles. The number of nitrogens with zero attached hydrogens (tertiary/aromatic N) is 2. The molecule has 2 aromatic rings. The summed E-state index contributed by atoms with van der Waals surface area (Å²) in [6, 6.07) is 11.0. The van der Waals surface area contributed by atoms with Crippen LogP contribution in [0.3, 0.4) is 0 Å². The standard InChI is InChI=1S/C17H21ClN4O2/c1-19-17(22(2)12-13-5-3-6-14(18)11-13)21-9-8-20-16(23)15-7-4-10-24-15/h3-7,10-11H,8-9,12H2,1-2H3,(H,19,21)(H,20,23). The van der Waals surface area contributed by atoms with E-state index in [4.69, 9.17) is 16.0 Å². The van der Waals surface area contributed by atoms with Crippen LogP contribution in [0.2, 0.25) is 5.02 Å². The molecule has 0 saturated carbocycles. The van der Waals surface area contributed by atoms with Crippen LogP contribution in [0.5, 0.6) is 0 Å². The number of furan rings is 1. The van der Waals surface area contributed by atoms with Crippen molar-refractivity contribution < 1.29 is 9.21 Å². The van der Waals surface area contributed by atoms with Crippen molar-refractivity contribution in [2.24, 2.45) is 4.99 Å². The average molecular weight is 349 g/mol. The Bertz CT molecular complexity index is 686. The van der Waals surface area contributed by atoms with Gasteiger partial charge in [0.15, 0.2) is 11.7 Å². The third-order valence-corrected chi connectivity index (χ3v) is 3.56. The highest BCUT2D eigenvalue weighted by Crippen LogP contribution is 2.12. The van der Waals surface area contributed by atoms with Crippen LogP contribution in [0.25, 0.3) is 0 Å². The average Bonchev–Trinajstić information content (AvgIpc) is 3.09. The number of carbonyl (C=O) groups is 1. The molecule has 0 atom stereocenters. The lowest BCUT2D eigenvalue weighted by molar-refractivity contribution is 0.0926. The fraction of sp³-hybridized carbons (Fsp3) is 0.294. The van der Waals surface area contributed by atoms with Crippen LogP contribution in [0.15, 0.2) is 52.1 Å². The zero-order valence-corrected chi connectivity index (χ0v) is 14.5. The molecule has 6 nitrogen and oxygen atoms in total. The van der Waals surface area contributed by atoms with E-state index in [1.807, 2.05) is 36.2 Å². The molecule has 2 N–H and O–H groups in total. The van der Waals surface area contributed by atoms with Gasteiger partial charge in [0.2, 0.25) is 0 Å². The summed E-state index contributed by atoms with van der Waals surface area (Å²) in [7, 11) is 3.66. The topological polar surface area (TPSA) is 69.9 Å². The van der Waals surface area contributed by atoms with E-state index in [0.29, 0.717) is 30.4 Å². The van der Waals surface area contributed by atoms with Gasteiger partial charge in [-0.1, -0.05) is 23.7 Å². The van der Waals surface area contributed by atoms with Crippen LogP contribution in [-0.4, -0.2) is 44.0 Å². The van der Waals surface area contributed by atoms with Crippen molar-refractivity contribution in [2.45, 2.75) is 6.54 Å². The van der Waals surface area contributed by atoms with Gasteiger partial charge in [-0.05, 0) is 29.8 Å². The summed E-state index contributed by atoms with van der Waals surface area (Å²) in [4.78, 5) is 18.0. The van der Waals surface area contributed by atoms with Crippen LogP contribution in [-0.2, 0) is 6.54 Å². The van der Waals surface area contributed by atoms with Gasteiger partial charge in [0.05, 0.1) is 6.26 Å². The van der Waals surface area contributed by atoms with E-state index in [-0.39, 0.29) is 5.91 Å². The highest BCUT2D eigenvalue weighted by molar-refractivity contribution is 6.30. The van der Waals surface area contributed by atoms with Crippen molar-refractivity contribution in [3.63, 3.8) is 0 Å². The van der Waals surface area contributed by atoms with Crippen LogP contribution in [0.4, 0.5) is 0 Å². The van der Waals surface area contributed by atoms with E-state index in [2.05, 4.69) is 15.6 Å². The first-order valence-electron chi connectivity index (χ1n) is 7.58. The Labute approximate surface area is 146 Å². The van der Waals surface area contributed by atoms with Crippen molar-refractivity contribution in [1.82, 2.24) is 15.5 Å². The SMILES string of the molecule is CN=C(NCCNC(=O)c1ccco1)N(C)Cc1cccc(Cl)c1. The highest BCUT2D eigenvalue weighted by Gasteiger charge is 2.09. The third kappa shape index (κ3) is 5.31. The predicted molar refractivity (Wildman–Crippen MR) is 95.3 cm³/mol. The van der Waals surface area contributed by atoms with Gasteiger partial charge in [0, 0.05) is 38.8 Å². The van der Waals surface area contributed by atoms with Gasteiger partial charge in [-0.3, -0.25) is 9.79 Å². The minimum absolute atomic E-state index is 0.232. The van der Waals surface area contributed by atoms with Gasteiger partial charge >= 0.3 is 0 Å². The molecule has 0 spiro atoms. The molecule has 2 rings (SSSR count). The second-order valence-corrected chi connectivity index (χ2v) is 5.63. The quantitative estimate of drug-likeness (QED) is 0.477. The van der Waals surface area contributed by atoms with Gasteiger partial charge in [-0.2, -0.15) is 0 Å².